The van der Waals surface area contributed by atoms with E-state index in [1.807, 2.05) is 0 Å². The van der Waals surface area contributed by atoms with E-state index in [2.05, 4.69) is 23.0 Å². The summed E-state index contributed by atoms with van der Waals surface area (Å²) in [5.41, 5.74) is 0. The highest BCUT2D eigenvalue weighted by atomic mass is 32.2. The van der Waals surface area contributed by atoms with Gasteiger partial charge in [-0.2, -0.15) is 14.3 Å². The Morgan fingerprint density at radius 1 is 1.78 bits per heavy atom. The molecule has 0 aliphatic carbocycles. The fraction of sp³-hybridized carbons (Fsp3) is 0.500. The molecule has 0 spiro atoms. The third-order valence-corrected chi connectivity index (χ3v) is 1.48. The van der Waals surface area contributed by atoms with Crippen LogP contribution in [0.3, 0.4) is 0 Å². The Kier molecular flexibility index (Phi) is 2.98. The van der Waals surface area contributed by atoms with Crippen molar-refractivity contribution in [3.8, 4) is 0 Å². The Morgan fingerprint density at radius 3 is 2.33 bits per heavy atom. The van der Waals surface area contributed by atoms with Gasteiger partial charge in [-0.05, 0) is 12.2 Å². The highest BCUT2D eigenvalue weighted by molar-refractivity contribution is 7.89. The van der Waals surface area contributed by atoms with Gasteiger partial charge in [0.05, 0.1) is 0 Å². The van der Waals surface area contributed by atoms with Crippen molar-refractivity contribution in [2.24, 2.45) is 5.90 Å². The Labute approximate surface area is 57.5 Å². The fourth-order valence-electron chi connectivity index (χ4n) is 0.183. The van der Waals surface area contributed by atoms with Crippen LogP contribution >= 0.6 is 12.2 Å². The van der Waals surface area contributed by atoms with Crippen LogP contribution in [-0.4, -0.2) is 23.8 Å². The molecule has 0 saturated heterocycles. The van der Waals surface area contributed by atoms with Crippen molar-refractivity contribution in [1.29, 1.82) is 0 Å². The first-order valence-electron chi connectivity index (χ1n) is 1.80. The monoisotopic (exact) mass is 171 g/mol. The second-order valence-electron chi connectivity index (χ2n) is 1.22. The van der Waals surface area contributed by atoms with E-state index in [-0.39, 0.29) is 5.05 Å². The van der Waals surface area contributed by atoms with Gasteiger partial charge in [-0.1, -0.05) is 0 Å². The van der Waals surface area contributed by atoms with Crippen LogP contribution in [0.2, 0.25) is 0 Å². The lowest BCUT2D eigenvalue weighted by atomic mass is 10.9. The lowest BCUT2D eigenvalue weighted by Gasteiger charge is -1.95. The lowest BCUT2D eigenvalue weighted by molar-refractivity contribution is 0.327. The molecule has 0 aromatic heterocycles. The maximum atomic E-state index is 9.93. The minimum Gasteiger partial charge on any atom is -0.403 e. The summed E-state index contributed by atoms with van der Waals surface area (Å²) in [6.07, 6.45) is 0. The summed E-state index contributed by atoms with van der Waals surface area (Å²) >= 11 is 4.22. The molecular formula is C2H5NO4S2. The van der Waals surface area contributed by atoms with E-state index in [9.17, 15) is 8.42 Å². The van der Waals surface area contributed by atoms with Crippen molar-refractivity contribution in [2.75, 3.05) is 5.75 Å². The van der Waals surface area contributed by atoms with E-state index in [0.29, 0.717) is 0 Å². The summed E-state index contributed by atoms with van der Waals surface area (Å²) in [6, 6.07) is 0. The van der Waals surface area contributed by atoms with Gasteiger partial charge < -0.3 is 4.84 Å². The van der Waals surface area contributed by atoms with Crippen molar-refractivity contribution < 1.29 is 17.8 Å². The van der Waals surface area contributed by atoms with Crippen LogP contribution in [0.1, 0.15) is 0 Å². The first kappa shape index (κ1) is 8.76. The predicted molar refractivity (Wildman–Crippen MR) is 34.3 cm³/mol. The molecule has 5 nitrogen and oxygen atoms in total. The predicted octanol–water partition coefficient (Wildman–Crippen LogP) is -0.908. The SMILES string of the molecule is NOC(=S)CS(=O)(=O)O. The zero-order chi connectivity index (χ0) is 7.49. The number of hydrogen-bond acceptors (Lipinski definition) is 5. The minimum absolute atomic E-state index is 0.363. The van der Waals surface area contributed by atoms with Gasteiger partial charge in [0.25, 0.3) is 10.1 Å². The topological polar surface area (TPSA) is 89.6 Å². The molecule has 0 aliphatic rings. The quantitative estimate of drug-likeness (QED) is 0.317. The summed E-state index contributed by atoms with van der Waals surface area (Å²) in [7, 11) is -4.08. The second-order valence-corrected chi connectivity index (χ2v) is 3.12. The molecule has 0 amide bonds. The molecule has 0 aliphatic heterocycles. The molecule has 0 saturated carbocycles. The normalized spacial score (nSPS) is 10.9. The Morgan fingerprint density at radius 2 is 2.22 bits per heavy atom. The summed E-state index contributed by atoms with van der Waals surface area (Å²) in [4.78, 5) is 3.82. The van der Waals surface area contributed by atoms with Gasteiger partial charge in [0.1, 0.15) is 5.75 Å². The van der Waals surface area contributed by atoms with E-state index >= 15 is 0 Å². The van der Waals surface area contributed by atoms with E-state index in [1.165, 1.54) is 0 Å². The molecule has 0 bridgehead atoms. The van der Waals surface area contributed by atoms with Crippen LogP contribution in [-0.2, 0) is 15.0 Å². The van der Waals surface area contributed by atoms with Gasteiger partial charge in [0.15, 0.2) is 0 Å². The lowest BCUT2D eigenvalue weighted by Crippen LogP contribution is -2.18. The first-order valence-corrected chi connectivity index (χ1v) is 3.82. The Hall–Kier alpha value is -0.240. The molecule has 0 rings (SSSR count). The minimum atomic E-state index is -4.08. The Balaban J connectivity index is 3.91. The van der Waals surface area contributed by atoms with Crippen molar-refractivity contribution in [3.05, 3.63) is 0 Å². The van der Waals surface area contributed by atoms with Crippen LogP contribution in [0.25, 0.3) is 0 Å². The molecular weight excluding hydrogens is 166 g/mol. The maximum absolute atomic E-state index is 9.93. The molecule has 54 valence electrons. The van der Waals surface area contributed by atoms with Gasteiger partial charge in [-0.15, -0.1) is 0 Å². The molecule has 0 atom stereocenters. The smallest absolute Gasteiger partial charge is 0.273 e. The van der Waals surface area contributed by atoms with Crippen LogP contribution in [0.4, 0.5) is 0 Å². The summed E-state index contributed by atoms with van der Waals surface area (Å²) in [6.45, 7) is 0. The van der Waals surface area contributed by atoms with Crippen LogP contribution in [0.5, 0.6) is 0 Å². The molecule has 0 radical (unpaired) electrons. The van der Waals surface area contributed by atoms with Crippen molar-refractivity contribution in [3.63, 3.8) is 0 Å². The van der Waals surface area contributed by atoms with E-state index in [4.69, 9.17) is 4.55 Å². The molecule has 0 aromatic rings. The second kappa shape index (κ2) is 3.06. The van der Waals surface area contributed by atoms with E-state index < -0.39 is 15.9 Å². The highest BCUT2D eigenvalue weighted by Gasteiger charge is 2.08. The van der Waals surface area contributed by atoms with Crippen LogP contribution in [0, 0.1) is 0 Å². The molecule has 3 N–H and O–H groups in total. The van der Waals surface area contributed by atoms with Crippen LogP contribution in [0.15, 0.2) is 0 Å². The molecule has 0 unspecified atom stereocenters. The molecule has 0 heterocycles. The van der Waals surface area contributed by atoms with Crippen LogP contribution < -0.4 is 5.90 Å². The number of rotatable bonds is 2. The molecule has 0 aromatic carbocycles. The highest BCUT2D eigenvalue weighted by Crippen LogP contribution is 1.84. The third kappa shape index (κ3) is 5.63. The summed E-state index contributed by atoms with van der Waals surface area (Å²) in [5.74, 6) is 3.73. The van der Waals surface area contributed by atoms with Gasteiger partial charge in [0, 0.05) is 0 Å². The zero-order valence-electron chi connectivity index (χ0n) is 4.27. The third-order valence-electron chi connectivity index (χ3n) is 0.432. The van der Waals surface area contributed by atoms with Gasteiger partial charge in [-0.3, -0.25) is 4.55 Å². The fourth-order valence-corrected chi connectivity index (χ4v) is 0.996. The number of thiocarbonyl (C=S) groups is 1. The summed E-state index contributed by atoms with van der Waals surface area (Å²) < 4.78 is 27.9. The van der Waals surface area contributed by atoms with Gasteiger partial charge in [-0.25, -0.2) is 0 Å². The zero-order valence-corrected chi connectivity index (χ0v) is 5.91. The standard InChI is InChI=1S/C2H5NO4S2/c3-7-2(8)1-9(4,5)6/h1,3H2,(H,4,5,6). The van der Waals surface area contributed by atoms with E-state index in [0.717, 1.165) is 0 Å². The molecule has 0 fully saturated rings. The average molecular weight is 171 g/mol. The van der Waals surface area contributed by atoms with Gasteiger partial charge in [0.2, 0.25) is 5.05 Å². The van der Waals surface area contributed by atoms with Crippen molar-refractivity contribution >= 4 is 27.4 Å². The maximum Gasteiger partial charge on any atom is 0.273 e. The molecule has 9 heavy (non-hydrogen) atoms. The number of hydrogen-bond donors (Lipinski definition) is 2. The molecule has 7 heteroatoms. The van der Waals surface area contributed by atoms with Crippen molar-refractivity contribution in [1.82, 2.24) is 0 Å². The van der Waals surface area contributed by atoms with Gasteiger partial charge >= 0.3 is 0 Å². The van der Waals surface area contributed by atoms with Crippen molar-refractivity contribution in [2.45, 2.75) is 0 Å². The van der Waals surface area contributed by atoms with E-state index in [1.54, 1.807) is 0 Å². The largest absolute Gasteiger partial charge is 0.403 e. The Bertz CT molecular complexity index is 195. The number of nitrogens with two attached hydrogens (primary N) is 1. The summed E-state index contributed by atoms with van der Waals surface area (Å²) in [5, 5.41) is -0.363. The average Bonchev–Trinajstić information content (AvgIpc) is 1.62. The first-order chi connectivity index (χ1) is 3.95.